The van der Waals surface area contributed by atoms with Gasteiger partial charge in [0.15, 0.2) is 0 Å². The van der Waals surface area contributed by atoms with Crippen molar-refractivity contribution >= 4 is 22.7 Å². The van der Waals surface area contributed by atoms with Crippen LogP contribution >= 0.6 is 11.3 Å². The average molecular weight is 321 g/mol. The van der Waals surface area contributed by atoms with E-state index in [4.69, 9.17) is 4.74 Å². The lowest BCUT2D eigenvalue weighted by molar-refractivity contribution is 0.305. The number of anilines is 1. The molecule has 2 rings (SSSR count). The van der Waals surface area contributed by atoms with Gasteiger partial charge in [-0.3, -0.25) is 5.43 Å². The first-order valence-electron chi connectivity index (χ1n) is 7.32. The van der Waals surface area contributed by atoms with E-state index in [1.54, 1.807) is 12.3 Å². The molecule has 0 aliphatic heterocycles. The van der Waals surface area contributed by atoms with E-state index >= 15 is 0 Å². The van der Waals surface area contributed by atoms with E-state index < -0.39 is 0 Å². The number of ether oxygens (including phenoxy) is 1. The van der Waals surface area contributed by atoms with Gasteiger partial charge >= 0.3 is 0 Å². The Hall–Kier alpha value is -1.95. The Balaban J connectivity index is 1.99. The van der Waals surface area contributed by atoms with Gasteiger partial charge in [-0.25, -0.2) is 9.37 Å². The fourth-order valence-corrected chi connectivity index (χ4v) is 2.49. The van der Waals surface area contributed by atoms with Crippen LogP contribution in [0.1, 0.15) is 37.4 Å². The molecular formula is C16H20FN3OS. The van der Waals surface area contributed by atoms with Crippen LogP contribution in [-0.4, -0.2) is 17.8 Å². The van der Waals surface area contributed by atoms with Crippen molar-refractivity contribution in [1.29, 1.82) is 0 Å². The highest BCUT2D eigenvalue weighted by Crippen LogP contribution is 2.19. The molecular weight excluding hydrogens is 301 g/mol. The minimum Gasteiger partial charge on any atom is -0.493 e. The van der Waals surface area contributed by atoms with E-state index in [0.717, 1.165) is 25.0 Å². The first kappa shape index (κ1) is 16.4. The highest BCUT2D eigenvalue weighted by molar-refractivity contribution is 7.13. The smallest absolute Gasteiger partial charge is 0.203 e. The van der Waals surface area contributed by atoms with Crippen LogP contribution in [0, 0.1) is 12.7 Å². The Labute approximate surface area is 134 Å². The quantitative estimate of drug-likeness (QED) is 0.439. The number of nitrogens with one attached hydrogen (secondary N) is 1. The molecule has 1 heterocycles. The molecule has 0 saturated heterocycles. The normalized spacial score (nSPS) is 11.0. The summed E-state index contributed by atoms with van der Waals surface area (Å²) in [6.07, 6.45) is 4.80. The Morgan fingerprint density at radius 3 is 3.00 bits per heavy atom. The third-order valence-corrected chi connectivity index (χ3v) is 3.82. The second-order valence-electron chi connectivity index (χ2n) is 4.90. The molecule has 6 heteroatoms. The van der Waals surface area contributed by atoms with Gasteiger partial charge in [-0.2, -0.15) is 5.10 Å². The zero-order valence-corrected chi connectivity index (χ0v) is 13.6. The number of benzene rings is 1. The standard InChI is InChI=1S/C16H20FN3OS/c1-3-4-5-8-21-15-7-6-14(17)9-13(15)10-18-20-16-19-12(2)11-22-16/h6-7,9-11H,3-5,8H2,1-2H3,(H,19,20). The largest absolute Gasteiger partial charge is 0.493 e. The number of hydrogen-bond donors (Lipinski definition) is 1. The van der Waals surface area contributed by atoms with Crippen LogP contribution < -0.4 is 10.2 Å². The maximum atomic E-state index is 13.4. The van der Waals surface area contributed by atoms with Crippen molar-refractivity contribution in [1.82, 2.24) is 4.98 Å². The third-order valence-electron chi connectivity index (χ3n) is 2.96. The molecule has 0 fully saturated rings. The zero-order chi connectivity index (χ0) is 15.8. The molecule has 118 valence electrons. The van der Waals surface area contributed by atoms with Gasteiger partial charge in [0.2, 0.25) is 5.13 Å². The van der Waals surface area contributed by atoms with Gasteiger partial charge < -0.3 is 4.74 Å². The minimum atomic E-state index is -0.313. The summed E-state index contributed by atoms with van der Waals surface area (Å²) in [7, 11) is 0. The maximum Gasteiger partial charge on any atom is 0.203 e. The van der Waals surface area contributed by atoms with E-state index in [0.29, 0.717) is 23.1 Å². The number of aryl methyl sites for hydroxylation is 1. The molecule has 0 unspecified atom stereocenters. The Bertz CT molecular complexity index is 628. The number of hydrogen-bond acceptors (Lipinski definition) is 5. The first-order chi connectivity index (χ1) is 10.7. The number of rotatable bonds is 8. The number of halogens is 1. The molecule has 0 radical (unpaired) electrons. The topological polar surface area (TPSA) is 46.5 Å². The van der Waals surface area contributed by atoms with E-state index in [2.05, 4.69) is 22.4 Å². The highest BCUT2D eigenvalue weighted by atomic mass is 32.1. The molecule has 2 aromatic rings. The molecule has 1 aromatic heterocycles. The second-order valence-corrected chi connectivity index (χ2v) is 5.76. The van der Waals surface area contributed by atoms with Gasteiger partial charge in [-0.05, 0) is 31.5 Å². The van der Waals surface area contributed by atoms with Crippen LogP contribution in [0.4, 0.5) is 9.52 Å². The van der Waals surface area contributed by atoms with Crippen LogP contribution in [0.3, 0.4) is 0 Å². The summed E-state index contributed by atoms with van der Waals surface area (Å²) in [6.45, 7) is 4.68. The number of aromatic nitrogens is 1. The van der Waals surface area contributed by atoms with Gasteiger partial charge in [0.05, 0.1) is 18.5 Å². The SMILES string of the molecule is CCCCCOc1ccc(F)cc1C=NNc1nc(C)cs1. The minimum absolute atomic E-state index is 0.313. The lowest BCUT2D eigenvalue weighted by Crippen LogP contribution is -2.01. The van der Waals surface area contributed by atoms with E-state index in [1.165, 1.54) is 23.5 Å². The van der Waals surface area contributed by atoms with Crippen molar-refractivity contribution in [2.24, 2.45) is 5.10 Å². The number of thiazole rings is 1. The third kappa shape index (κ3) is 5.11. The maximum absolute atomic E-state index is 13.4. The van der Waals surface area contributed by atoms with Crippen LogP contribution in [0.15, 0.2) is 28.7 Å². The molecule has 0 spiro atoms. The van der Waals surface area contributed by atoms with E-state index in [1.807, 2.05) is 12.3 Å². The summed E-state index contributed by atoms with van der Waals surface area (Å²) in [6, 6.07) is 4.44. The zero-order valence-electron chi connectivity index (χ0n) is 12.8. The lowest BCUT2D eigenvalue weighted by Gasteiger charge is -2.08. The lowest BCUT2D eigenvalue weighted by atomic mass is 10.2. The molecule has 0 aliphatic rings. The highest BCUT2D eigenvalue weighted by Gasteiger charge is 2.04. The van der Waals surface area contributed by atoms with Crippen LogP contribution in [0.2, 0.25) is 0 Å². The van der Waals surface area contributed by atoms with Crippen LogP contribution in [0.25, 0.3) is 0 Å². The van der Waals surface area contributed by atoms with E-state index in [9.17, 15) is 4.39 Å². The summed E-state index contributed by atoms with van der Waals surface area (Å²) in [5.41, 5.74) is 4.38. The van der Waals surface area contributed by atoms with Crippen LogP contribution in [0.5, 0.6) is 5.75 Å². The molecule has 0 bridgehead atoms. The fraction of sp³-hybridized carbons (Fsp3) is 0.375. The van der Waals surface area contributed by atoms with Crippen molar-refractivity contribution in [3.63, 3.8) is 0 Å². The summed E-state index contributed by atoms with van der Waals surface area (Å²) in [4.78, 5) is 4.24. The molecule has 0 aliphatic carbocycles. The van der Waals surface area contributed by atoms with Gasteiger partial charge in [-0.15, -0.1) is 11.3 Å². The summed E-state index contributed by atoms with van der Waals surface area (Å²) >= 11 is 1.47. The van der Waals surface area contributed by atoms with Crippen LogP contribution in [-0.2, 0) is 0 Å². The van der Waals surface area contributed by atoms with Gasteiger partial charge in [0, 0.05) is 10.9 Å². The molecule has 0 atom stereocenters. The summed E-state index contributed by atoms with van der Waals surface area (Å²) in [5.74, 6) is 0.325. The predicted molar refractivity (Wildman–Crippen MR) is 89.5 cm³/mol. The van der Waals surface area contributed by atoms with Gasteiger partial charge in [0.25, 0.3) is 0 Å². The number of unbranched alkanes of at least 4 members (excludes halogenated alkanes) is 2. The van der Waals surface area contributed by atoms with Gasteiger partial charge in [0.1, 0.15) is 11.6 Å². The van der Waals surface area contributed by atoms with Crippen molar-refractivity contribution in [3.05, 3.63) is 40.7 Å². The first-order valence-corrected chi connectivity index (χ1v) is 8.20. The van der Waals surface area contributed by atoms with Crippen molar-refractivity contribution < 1.29 is 9.13 Å². The number of hydrazone groups is 1. The van der Waals surface area contributed by atoms with Crippen molar-refractivity contribution in [2.45, 2.75) is 33.1 Å². The Kier molecular flexibility index (Phi) is 6.33. The molecule has 1 N–H and O–H groups in total. The molecule has 22 heavy (non-hydrogen) atoms. The molecule has 0 saturated carbocycles. The molecule has 1 aromatic carbocycles. The predicted octanol–water partition coefficient (Wildman–Crippen LogP) is 4.61. The monoisotopic (exact) mass is 321 g/mol. The summed E-state index contributed by atoms with van der Waals surface area (Å²) in [5, 5.41) is 6.73. The van der Waals surface area contributed by atoms with Crippen molar-refractivity contribution in [2.75, 3.05) is 12.0 Å². The molecule has 4 nitrogen and oxygen atoms in total. The van der Waals surface area contributed by atoms with Gasteiger partial charge in [-0.1, -0.05) is 19.8 Å². The Morgan fingerprint density at radius 1 is 1.41 bits per heavy atom. The van der Waals surface area contributed by atoms with Crippen molar-refractivity contribution in [3.8, 4) is 5.75 Å². The number of nitrogens with zero attached hydrogens (tertiary/aromatic N) is 2. The van der Waals surface area contributed by atoms with E-state index in [-0.39, 0.29) is 5.82 Å². The molecule has 0 amide bonds. The second kappa shape index (κ2) is 8.48. The fourth-order valence-electron chi connectivity index (χ4n) is 1.85. The summed E-state index contributed by atoms with van der Waals surface area (Å²) < 4.78 is 19.1. The average Bonchev–Trinajstić information content (AvgIpc) is 2.91. The Morgan fingerprint density at radius 2 is 2.27 bits per heavy atom.